The lowest BCUT2D eigenvalue weighted by Gasteiger charge is -2.14. The van der Waals surface area contributed by atoms with Gasteiger partial charge in [0.05, 0.1) is 4.90 Å². The van der Waals surface area contributed by atoms with Crippen molar-refractivity contribution in [1.29, 1.82) is 0 Å². The standard InChI is InChI=1S/C15H15NO2S/c17-19(18,13-7-2-1-3-8-13)16-15-11-10-12-6-4-5-9-14(12)15/h1-9,15-16H,10-11H2. The van der Waals surface area contributed by atoms with E-state index in [1.54, 1.807) is 24.3 Å². The zero-order valence-corrected chi connectivity index (χ0v) is 11.2. The fourth-order valence-corrected chi connectivity index (χ4v) is 3.81. The zero-order valence-electron chi connectivity index (χ0n) is 10.4. The summed E-state index contributed by atoms with van der Waals surface area (Å²) in [6.07, 6.45) is 1.75. The van der Waals surface area contributed by atoms with Gasteiger partial charge in [0.1, 0.15) is 0 Å². The van der Waals surface area contributed by atoms with Gasteiger partial charge in [0.2, 0.25) is 10.0 Å². The number of hydrogen-bond acceptors (Lipinski definition) is 2. The molecule has 19 heavy (non-hydrogen) atoms. The van der Waals surface area contributed by atoms with Crippen LogP contribution in [0.25, 0.3) is 0 Å². The summed E-state index contributed by atoms with van der Waals surface area (Å²) in [4.78, 5) is 0.319. The Morgan fingerprint density at radius 1 is 0.947 bits per heavy atom. The van der Waals surface area contributed by atoms with Crippen molar-refractivity contribution in [2.24, 2.45) is 0 Å². The number of benzene rings is 2. The molecule has 1 atom stereocenters. The molecular weight excluding hydrogens is 258 g/mol. The first-order valence-corrected chi connectivity index (χ1v) is 7.80. The lowest BCUT2D eigenvalue weighted by Crippen LogP contribution is -2.27. The minimum atomic E-state index is -3.44. The van der Waals surface area contributed by atoms with Crippen molar-refractivity contribution in [3.05, 3.63) is 65.7 Å². The normalized spacial score (nSPS) is 18.2. The van der Waals surface area contributed by atoms with Crippen molar-refractivity contribution in [2.75, 3.05) is 0 Å². The Morgan fingerprint density at radius 3 is 2.42 bits per heavy atom. The van der Waals surface area contributed by atoms with Gasteiger partial charge in [-0.3, -0.25) is 0 Å². The van der Waals surface area contributed by atoms with E-state index in [0.29, 0.717) is 4.90 Å². The van der Waals surface area contributed by atoms with Gasteiger partial charge in [-0.05, 0) is 36.1 Å². The molecule has 2 aromatic carbocycles. The molecule has 3 rings (SSSR count). The molecule has 0 heterocycles. The second kappa shape index (κ2) is 4.79. The smallest absolute Gasteiger partial charge is 0.207 e. The van der Waals surface area contributed by atoms with Crippen molar-refractivity contribution in [3.63, 3.8) is 0 Å². The van der Waals surface area contributed by atoms with Gasteiger partial charge >= 0.3 is 0 Å². The Kier molecular flexibility index (Phi) is 3.12. The van der Waals surface area contributed by atoms with Crippen molar-refractivity contribution < 1.29 is 8.42 Å². The lowest BCUT2D eigenvalue weighted by atomic mass is 10.1. The summed E-state index contributed by atoms with van der Waals surface area (Å²) in [5, 5.41) is 0. The Labute approximate surface area is 113 Å². The van der Waals surface area contributed by atoms with E-state index in [2.05, 4.69) is 10.8 Å². The minimum Gasteiger partial charge on any atom is -0.207 e. The van der Waals surface area contributed by atoms with Crippen LogP contribution in [0.4, 0.5) is 0 Å². The van der Waals surface area contributed by atoms with E-state index >= 15 is 0 Å². The number of nitrogens with one attached hydrogen (secondary N) is 1. The van der Waals surface area contributed by atoms with Crippen LogP contribution < -0.4 is 4.72 Å². The van der Waals surface area contributed by atoms with Gasteiger partial charge in [0.15, 0.2) is 0 Å². The highest BCUT2D eigenvalue weighted by molar-refractivity contribution is 7.89. The third kappa shape index (κ3) is 2.41. The molecule has 0 aliphatic heterocycles. The summed E-state index contributed by atoms with van der Waals surface area (Å²) < 4.78 is 27.4. The van der Waals surface area contributed by atoms with Crippen LogP contribution in [0, 0.1) is 0 Å². The SMILES string of the molecule is O=S(=O)(NC1CCc2ccccc21)c1ccccc1. The molecule has 1 unspecified atom stereocenters. The molecule has 0 aromatic heterocycles. The molecule has 0 amide bonds. The number of hydrogen-bond donors (Lipinski definition) is 1. The summed E-state index contributed by atoms with van der Waals surface area (Å²) in [6.45, 7) is 0. The first kappa shape index (κ1) is 12.4. The predicted octanol–water partition coefficient (Wildman–Crippen LogP) is 2.65. The average Bonchev–Trinajstić information content (AvgIpc) is 2.83. The average molecular weight is 273 g/mol. The molecule has 1 aliphatic rings. The van der Waals surface area contributed by atoms with Gasteiger partial charge in [0, 0.05) is 6.04 Å². The van der Waals surface area contributed by atoms with E-state index in [4.69, 9.17) is 0 Å². The Balaban J connectivity index is 1.88. The molecule has 0 spiro atoms. The van der Waals surface area contributed by atoms with Crippen LogP contribution >= 0.6 is 0 Å². The summed E-state index contributed by atoms with van der Waals surface area (Å²) in [5.41, 5.74) is 2.34. The van der Waals surface area contributed by atoms with Gasteiger partial charge in [-0.25, -0.2) is 13.1 Å². The van der Waals surface area contributed by atoms with Crippen LogP contribution in [0.3, 0.4) is 0 Å². The van der Waals surface area contributed by atoms with Gasteiger partial charge in [-0.15, -0.1) is 0 Å². The molecule has 0 saturated heterocycles. The summed E-state index contributed by atoms with van der Waals surface area (Å²) >= 11 is 0. The monoisotopic (exact) mass is 273 g/mol. The van der Waals surface area contributed by atoms with E-state index in [1.165, 1.54) is 5.56 Å². The third-order valence-electron chi connectivity index (χ3n) is 3.48. The number of fused-ring (bicyclic) bond motifs is 1. The summed E-state index contributed by atoms with van der Waals surface area (Å²) in [7, 11) is -3.44. The predicted molar refractivity (Wildman–Crippen MR) is 74.3 cm³/mol. The maximum Gasteiger partial charge on any atom is 0.241 e. The first-order valence-electron chi connectivity index (χ1n) is 6.32. The van der Waals surface area contributed by atoms with Gasteiger partial charge in [-0.1, -0.05) is 42.5 Å². The topological polar surface area (TPSA) is 46.2 Å². The molecule has 4 heteroatoms. The molecule has 1 N–H and O–H groups in total. The minimum absolute atomic E-state index is 0.110. The van der Waals surface area contributed by atoms with Crippen LogP contribution in [-0.2, 0) is 16.4 Å². The second-order valence-corrected chi connectivity index (χ2v) is 6.44. The quantitative estimate of drug-likeness (QED) is 0.934. The Morgan fingerprint density at radius 2 is 1.63 bits per heavy atom. The van der Waals surface area contributed by atoms with Gasteiger partial charge < -0.3 is 0 Å². The fourth-order valence-electron chi connectivity index (χ4n) is 2.53. The molecular formula is C15H15NO2S. The van der Waals surface area contributed by atoms with E-state index in [0.717, 1.165) is 18.4 Å². The van der Waals surface area contributed by atoms with Crippen LogP contribution in [0.2, 0.25) is 0 Å². The number of aryl methyl sites for hydroxylation is 1. The molecule has 0 fully saturated rings. The lowest BCUT2D eigenvalue weighted by molar-refractivity contribution is 0.554. The Bertz CT molecular complexity index is 680. The maximum atomic E-state index is 12.3. The third-order valence-corrected chi connectivity index (χ3v) is 4.97. The van der Waals surface area contributed by atoms with E-state index in [9.17, 15) is 8.42 Å². The molecule has 0 bridgehead atoms. The van der Waals surface area contributed by atoms with Crippen molar-refractivity contribution in [2.45, 2.75) is 23.8 Å². The number of sulfonamides is 1. The van der Waals surface area contributed by atoms with Gasteiger partial charge in [0.25, 0.3) is 0 Å². The largest absolute Gasteiger partial charge is 0.241 e. The fraction of sp³-hybridized carbons (Fsp3) is 0.200. The summed E-state index contributed by atoms with van der Waals surface area (Å²) in [6, 6.07) is 16.4. The highest BCUT2D eigenvalue weighted by Gasteiger charge is 2.26. The van der Waals surface area contributed by atoms with Crippen molar-refractivity contribution >= 4 is 10.0 Å². The van der Waals surface area contributed by atoms with Crippen LogP contribution in [0.5, 0.6) is 0 Å². The van der Waals surface area contributed by atoms with Crippen LogP contribution in [-0.4, -0.2) is 8.42 Å². The van der Waals surface area contributed by atoms with Crippen molar-refractivity contribution in [3.8, 4) is 0 Å². The summed E-state index contributed by atoms with van der Waals surface area (Å²) in [5.74, 6) is 0. The van der Waals surface area contributed by atoms with E-state index in [1.807, 2.05) is 24.3 Å². The number of rotatable bonds is 3. The molecule has 98 valence electrons. The van der Waals surface area contributed by atoms with E-state index in [-0.39, 0.29) is 6.04 Å². The van der Waals surface area contributed by atoms with Crippen LogP contribution in [0.15, 0.2) is 59.5 Å². The highest BCUT2D eigenvalue weighted by Crippen LogP contribution is 2.31. The molecule has 1 aliphatic carbocycles. The van der Waals surface area contributed by atoms with Crippen molar-refractivity contribution in [1.82, 2.24) is 4.72 Å². The molecule has 3 nitrogen and oxygen atoms in total. The van der Waals surface area contributed by atoms with E-state index < -0.39 is 10.0 Å². The zero-order chi connectivity index (χ0) is 13.3. The second-order valence-electron chi connectivity index (χ2n) is 4.72. The van der Waals surface area contributed by atoms with Gasteiger partial charge in [-0.2, -0.15) is 0 Å². The molecule has 0 radical (unpaired) electrons. The molecule has 2 aromatic rings. The molecule has 0 saturated carbocycles. The van der Waals surface area contributed by atoms with Crippen LogP contribution in [0.1, 0.15) is 23.6 Å². The first-order chi connectivity index (χ1) is 9.17. The Hall–Kier alpha value is -1.65. The highest BCUT2D eigenvalue weighted by atomic mass is 32.2. The maximum absolute atomic E-state index is 12.3.